The summed E-state index contributed by atoms with van der Waals surface area (Å²) in [4.78, 5) is 34.5. The van der Waals surface area contributed by atoms with Gasteiger partial charge in [0, 0.05) is 50.0 Å². The SMILES string of the molecule is Cc1cnc(C(=O)N2CCN(C)C(c3ncn4cc(-c5cccnc5)ccc34)C2)cn1. The Balaban J connectivity index is 1.43. The van der Waals surface area contributed by atoms with E-state index in [-0.39, 0.29) is 11.9 Å². The first-order valence-electron chi connectivity index (χ1n) is 10.3. The summed E-state index contributed by atoms with van der Waals surface area (Å²) < 4.78 is 2.04. The monoisotopic (exact) mass is 413 g/mol. The second-order valence-corrected chi connectivity index (χ2v) is 7.87. The molecule has 1 saturated heterocycles. The van der Waals surface area contributed by atoms with Crippen molar-refractivity contribution >= 4 is 11.4 Å². The fourth-order valence-electron chi connectivity index (χ4n) is 4.00. The molecule has 0 spiro atoms. The number of aromatic nitrogens is 5. The molecule has 4 aromatic rings. The van der Waals surface area contributed by atoms with Gasteiger partial charge in [-0.2, -0.15) is 0 Å². The number of piperazine rings is 1. The van der Waals surface area contributed by atoms with Crippen molar-refractivity contribution in [2.75, 3.05) is 26.7 Å². The number of carbonyl (C=O) groups is 1. The van der Waals surface area contributed by atoms with Crippen molar-refractivity contribution in [1.29, 1.82) is 0 Å². The van der Waals surface area contributed by atoms with Crippen LogP contribution in [-0.2, 0) is 0 Å². The number of imidazole rings is 1. The van der Waals surface area contributed by atoms with Crippen LogP contribution in [0.25, 0.3) is 16.6 Å². The molecule has 1 unspecified atom stereocenters. The Morgan fingerprint density at radius 2 is 1.94 bits per heavy atom. The molecule has 1 aliphatic heterocycles. The predicted octanol–water partition coefficient (Wildman–Crippen LogP) is 2.62. The number of hydrogen-bond acceptors (Lipinski definition) is 6. The predicted molar refractivity (Wildman–Crippen MR) is 116 cm³/mol. The van der Waals surface area contributed by atoms with E-state index >= 15 is 0 Å². The van der Waals surface area contributed by atoms with Gasteiger partial charge >= 0.3 is 0 Å². The Bertz CT molecular complexity index is 1220. The van der Waals surface area contributed by atoms with Gasteiger partial charge in [-0.1, -0.05) is 12.1 Å². The minimum Gasteiger partial charge on any atom is -0.334 e. The molecular formula is C23H23N7O. The molecule has 5 heterocycles. The summed E-state index contributed by atoms with van der Waals surface area (Å²) in [6, 6.07) is 8.15. The highest BCUT2D eigenvalue weighted by molar-refractivity contribution is 5.92. The second kappa shape index (κ2) is 7.88. The molecule has 0 saturated carbocycles. The fourth-order valence-corrected chi connectivity index (χ4v) is 4.00. The minimum atomic E-state index is -0.0898. The largest absolute Gasteiger partial charge is 0.334 e. The Hall–Kier alpha value is -3.65. The van der Waals surface area contributed by atoms with Crippen LogP contribution in [0.4, 0.5) is 0 Å². The molecule has 0 radical (unpaired) electrons. The maximum atomic E-state index is 13.0. The first-order chi connectivity index (χ1) is 15.1. The van der Waals surface area contributed by atoms with Crippen LogP contribution in [0.3, 0.4) is 0 Å². The van der Waals surface area contributed by atoms with E-state index in [4.69, 9.17) is 4.98 Å². The molecule has 0 bridgehead atoms. The quantitative estimate of drug-likeness (QED) is 0.514. The molecule has 1 amide bonds. The van der Waals surface area contributed by atoms with Gasteiger partial charge in [0.15, 0.2) is 0 Å². The van der Waals surface area contributed by atoms with Crippen LogP contribution in [-0.4, -0.2) is 66.7 Å². The van der Waals surface area contributed by atoms with Crippen LogP contribution in [0.5, 0.6) is 0 Å². The maximum Gasteiger partial charge on any atom is 0.274 e. The van der Waals surface area contributed by atoms with Crippen molar-refractivity contribution in [3.05, 3.63) is 78.7 Å². The number of amides is 1. The number of rotatable bonds is 3. The maximum absolute atomic E-state index is 13.0. The molecule has 1 aliphatic rings. The van der Waals surface area contributed by atoms with Gasteiger partial charge in [0.05, 0.1) is 35.5 Å². The Labute approximate surface area is 180 Å². The van der Waals surface area contributed by atoms with E-state index in [9.17, 15) is 4.79 Å². The number of likely N-dealkylation sites (N-methyl/N-ethyl adjacent to an activating group) is 1. The second-order valence-electron chi connectivity index (χ2n) is 7.87. The normalized spacial score (nSPS) is 17.2. The smallest absolute Gasteiger partial charge is 0.274 e. The van der Waals surface area contributed by atoms with E-state index in [1.54, 1.807) is 18.6 Å². The van der Waals surface area contributed by atoms with Gasteiger partial charge in [-0.3, -0.25) is 19.7 Å². The van der Waals surface area contributed by atoms with Crippen LogP contribution >= 0.6 is 0 Å². The van der Waals surface area contributed by atoms with Crippen molar-refractivity contribution in [2.24, 2.45) is 0 Å². The van der Waals surface area contributed by atoms with Crippen molar-refractivity contribution in [3.63, 3.8) is 0 Å². The van der Waals surface area contributed by atoms with Gasteiger partial charge in [-0.25, -0.2) is 9.97 Å². The standard InChI is InChI=1S/C23H23N7O/c1-16-10-26-19(12-25-16)23(31)29-9-8-28(2)21(14-29)22-20-6-5-18(13-30(20)15-27-22)17-4-3-7-24-11-17/h3-7,10-13,15,21H,8-9,14H2,1-2H3. The van der Waals surface area contributed by atoms with Gasteiger partial charge in [-0.05, 0) is 31.7 Å². The zero-order valence-corrected chi connectivity index (χ0v) is 17.5. The average molecular weight is 413 g/mol. The minimum absolute atomic E-state index is 0.00495. The van der Waals surface area contributed by atoms with Crippen LogP contribution < -0.4 is 0 Å². The lowest BCUT2D eigenvalue weighted by Gasteiger charge is -2.38. The topological polar surface area (TPSA) is 79.5 Å². The first-order valence-corrected chi connectivity index (χ1v) is 10.3. The van der Waals surface area contributed by atoms with Crippen molar-refractivity contribution < 1.29 is 4.79 Å². The summed E-state index contributed by atoms with van der Waals surface area (Å²) in [6.07, 6.45) is 10.7. The summed E-state index contributed by atoms with van der Waals surface area (Å²) in [5.74, 6) is -0.0898. The highest BCUT2D eigenvalue weighted by Crippen LogP contribution is 2.28. The molecule has 5 rings (SSSR count). The lowest BCUT2D eigenvalue weighted by molar-refractivity contribution is 0.0537. The summed E-state index contributed by atoms with van der Waals surface area (Å²) in [5, 5.41) is 0. The number of fused-ring (bicyclic) bond motifs is 1. The Kier molecular flexibility index (Phi) is 4.91. The van der Waals surface area contributed by atoms with E-state index in [2.05, 4.69) is 45.2 Å². The summed E-state index contributed by atoms with van der Waals surface area (Å²) in [6.45, 7) is 3.83. The number of hydrogen-bond donors (Lipinski definition) is 0. The number of aryl methyl sites for hydroxylation is 1. The Morgan fingerprint density at radius 1 is 1.03 bits per heavy atom. The van der Waals surface area contributed by atoms with Crippen LogP contribution in [0, 0.1) is 6.92 Å². The van der Waals surface area contributed by atoms with Crippen LogP contribution in [0.15, 0.2) is 61.6 Å². The van der Waals surface area contributed by atoms with Gasteiger partial charge in [0.1, 0.15) is 5.69 Å². The average Bonchev–Trinajstić information content (AvgIpc) is 3.23. The third-order valence-corrected chi connectivity index (χ3v) is 5.81. The molecule has 8 heteroatoms. The van der Waals surface area contributed by atoms with E-state index in [0.29, 0.717) is 18.8 Å². The summed E-state index contributed by atoms with van der Waals surface area (Å²) in [7, 11) is 2.08. The van der Waals surface area contributed by atoms with Crippen molar-refractivity contribution in [2.45, 2.75) is 13.0 Å². The van der Waals surface area contributed by atoms with Crippen molar-refractivity contribution in [3.8, 4) is 11.1 Å². The molecule has 31 heavy (non-hydrogen) atoms. The first kappa shape index (κ1) is 19.3. The fraction of sp³-hybridized carbons (Fsp3) is 0.261. The molecule has 156 valence electrons. The molecular weight excluding hydrogens is 390 g/mol. The lowest BCUT2D eigenvalue weighted by Crippen LogP contribution is -2.49. The van der Waals surface area contributed by atoms with Gasteiger partial charge < -0.3 is 9.30 Å². The zero-order valence-electron chi connectivity index (χ0n) is 17.5. The highest BCUT2D eigenvalue weighted by atomic mass is 16.2. The number of pyridine rings is 2. The van der Waals surface area contributed by atoms with E-state index in [1.165, 1.54) is 0 Å². The van der Waals surface area contributed by atoms with E-state index < -0.39 is 0 Å². The molecule has 4 aromatic heterocycles. The highest BCUT2D eigenvalue weighted by Gasteiger charge is 2.31. The summed E-state index contributed by atoms with van der Waals surface area (Å²) in [5.41, 5.74) is 5.32. The molecule has 1 atom stereocenters. The molecule has 0 aromatic carbocycles. The van der Waals surface area contributed by atoms with Crippen LogP contribution in [0.1, 0.15) is 27.9 Å². The molecule has 1 fully saturated rings. The molecule has 8 nitrogen and oxygen atoms in total. The van der Waals surface area contributed by atoms with E-state index in [0.717, 1.165) is 34.6 Å². The van der Waals surface area contributed by atoms with Crippen molar-refractivity contribution in [1.82, 2.24) is 34.1 Å². The van der Waals surface area contributed by atoms with E-state index in [1.807, 2.05) is 40.9 Å². The van der Waals surface area contributed by atoms with Gasteiger partial charge in [0.25, 0.3) is 5.91 Å². The summed E-state index contributed by atoms with van der Waals surface area (Å²) >= 11 is 0. The molecule has 0 aliphatic carbocycles. The van der Waals surface area contributed by atoms with Crippen LogP contribution in [0.2, 0.25) is 0 Å². The van der Waals surface area contributed by atoms with Gasteiger partial charge in [-0.15, -0.1) is 0 Å². The van der Waals surface area contributed by atoms with Gasteiger partial charge in [0.2, 0.25) is 0 Å². The lowest BCUT2D eigenvalue weighted by atomic mass is 10.1. The number of carbonyl (C=O) groups excluding carboxylic acids is 1. The zero-order chi connectivity index (χ0) is 21.4. The third-order valence-electron chi connectivity index (χ3n) is 5.81. The molecule has 0 N–H and O–H groups in total. The number of nitrogens with zero attached hydrogens (tertiary/aromatic N) is 7. The Morgan fingerprint density at radius 3 is 2.71 bits per heavy atom. The third kappa shape index (κ3) is 3.66.